The van der Waals surface area contributed by atoms with E-state index in [0.717, 1.165) is 0 Å². The van der Waals surface area contributed by atoms with Crippen LogP contribution < -0.4 is 15.8 Å². The van der Waals surface area contributed by atoms with E-state index in [2.05, 4.69) is 25.4 Å². The van der Waals surface area contributed by atoms with E-state index in [1.165, 1.54) is 0 Å². The van der Waals surface area contributed by atoms with Gasteiger partial charge in [0.05, 0.1) is 6.54 Å². The smallest absolute Gasteiger partial charge is 0.287 e. The highest BCUT2D eigenvalue weighted by molar-refractivity contribution is 5.96. The summed E-state index contributed by atoms with van der Waals surface area (Å²) < 4.78 is 9.52. The number of carbonyl (C=O) groups excluding carboxylic acids is 1. The van der Waals surface area contributed by atoms with E-state index in [0.29, 0.717) is 13.0 Å². The molecule has 1 aromatic heterocycles. The van der Waals surface area contributed by atoms with Crippen LogP contribution in [0.3, 0.4) is 0 Å². The maximum absolute atomic E-state index is 10.9. The lowest BCUT2D eigenvalue weighted by molar-refractivity contribution is -0.120. The number of amides is 1. The first-order chi connectivity index (χ1) is 8.19. The number of carbonyl (C=O) groups is 1. The lowest BCUT2D eigenvalue weighted by atomic mass is 10.4. The van der Waals surface area contributed by atoms with Gasteiger partial charge < -0.3 is 21.0 Å². The summed E-state index contributed by atoms with van der Waals surface area (Å²) >= 11 is 0. The zero-order valence-electron chi connectivity index (χ0n) is 9.21. The SMILES string of the molecule is CCC(=O)NCCOc1nonc1/C(N)=N/O. The van der Waals surface area contributed by atoms with Gasteiger partial charge in [-0.3, -0.25) is 4.79 Å². The van der Waals surface area contributed by atoms with Crippen LogP contribution in [0.15, 0.2) is 9.78 Å². The second kappa shape index (κ2) is 6.30. The first kappa shape index (κ1) is 12.7. The molecule has 9 heteroatoms. The van der Waals surface area contributed by atoms with Gasteiger partial charge >= 0.3 is 0 Å². The number of amidine groups is 1. The summed E-state index contributed by atoms with van der Waals surface area (Å²) in [6.07, 6.45) is 0.404. The van der Waals surface area contributed by atoms with Crippen LogP contribution in [0.2, 0.25) is 0 Å². The molecule has 0 aromatic carbocycles. The fourth-order valence-corrected chi connectivity index (χ4v) is 0.942. The van der Waals surface area contributed by atoms with Crippen LogP contribution in [-0.2, 0) is 4.79 Å². The van der Waals surface area contributed by atoms with E-state index < -0.39 is 0 Å². The molecule has 0 spiro atoms. The lowest BCUT2D eigenvalue weighted by Crippen LogP contribution is -2.27. The van der Waals surface area contributed by atoms with E-state index in [1.807, 2.05) is 0 Å². The summed E-state index contributed by atoms with van der Waals surface area (Å²) in [5.74, 6) is -0.339. The van der Waals surface area contributed by atoms with Crippen LogP contribution >= 0.6 is 0 Å². The Kier molecular flexibility index (Phi) is 4.73. The highest BCUT2D eigenvalue weighted by Crippen LogP contribution is 2.11. The van der Waals surface area contributed by atoms with Crippen molar-refractivity contribution in [2.24, 2.45) is 10.9 Å². The fraction of sp³-hybridized carbons (Fsp3) is 0.500. The molecule has 1 rings (SSSR count). The predicted molar refractivity (Wildman–Crippen MR) is 55.6 cm³/mol. The van der Waals surface area contributed by atoms with Crippen molar-refractivity contribution in [1.82, 2.24) is 15.6 Å². The van der Waals surface area contributed by atoms with Gasteiger partial charge in [-0.15, -0.1) is 0 Å². The maximum atomic E-state index is 10.9. The molecule has 1 aromatic rings. The van der Waals surface area contributed by atoms with Crippen LogP contribution in [0.5, 0.6) is 5.88 Å². The lowest BCUT2D eigenvalue weighted by Gasteiger charge is -2.04. The Labute approximate surface area is 96.6 Å². The second-order valence-corrected chi connectivity index (χ2v) is 2.96. The molecule has 0 radical (unpaired) electrons. The molecule has 4 N–H and O–H groups in total. The van der Waals surface area contributed by atoms with E-state index in [1.54, 1.807) is 6.92 Å². The number of hydrogen-bond donors (Lipinski definition) is 3. The summed E-state index contributed by atoms with van der Waals surface area (Å²) in [5.41, 5.74) is 5.31. The average Bonchev–Trinajstić information content (AvgIpc) is 2.81. The molecule has 94 valence electrons. The Morgan fingerprint density at radius 2 is 2.41 bits per heavy atom. The third kappa shape index (κ3) is 3.63. The normalized spacial score (nSPS) is 11.2. The molecule has 0 unspecified atom stereocenters. The molecule has 0 saturated heterocycles. The molecule has 9 nitrogen and oxygen atoms in total. The van der Waals surface area contributed by atoms with Gasteiger partial charge in [0.1, 0.15) is 6.61 Å². The summed E-state index contributed by atoms with van der Waals surface area (Å²) in [5, 5.41) is 20.6. The average molecular weight is 243 g/mol. The first-order valence-electron chi connectivity index (χ1n) is 4.89. The van der Waals surface area contributed by atoms with E-state index in [4.69, 9.17) is 15.7 Å². The number of nitrogens with two attached hydrogens (primary N) is 1. The maximum Gasteiger partial charge on any atom is 0.287 e. The fourth-order valence-electron chi connectivity index (χ4n) is 0.942. The van der Waals surface area contributed by atoms with E-state index >= 15 is 0 Å². The highest BCUT2D eigenvalue weighted by Gasteiger charge is 2.15. The molecule has 0 aliphatic carbocycles. The zero-order valence-corrected chi connectivity index (χ0v) is 9.21. The molecule has 0 aliphatic rings. The van der Waals surface area contributed by atoms with Crippen LogP contribution in [0.4, 0.5) is 0 Å². The Morgan fingerprint density at radius 3 is 3.06 bits per heavy atom. The quantitative estimate of drug-likeness (QED) is 0.193. The van der Waals surface area contributed by atoms with Gasteiger partial charge in [0.2, 0.25) is 11.6 Å². The van der Waals surface area contributed by atoms with Gasteiger partial charge in [-0.25, -0.2) is 4.63 Å². The zero-order chi connectivity index (χ0) is 12.7. The van der Waals surface area contributed by atoms with Crippen LogP contribution in [0, 0.1) is 0 Å². The minimum absolute atomic E-state index is 0.00560. The Balaban J connectivity index is 2.42. The van der Waals surface area contributed by atoms with Crippen LogP contribution in [0.1, 0.15) is 19.0 Å². The minimum Gasteiger partial charge on any atom is -0.472 e. The molecule has 0 fully saturated rings. The molecule has 1 heterocycles. The molecule has 17 heavy (non-hydrogen) atoms. The van der Waals surface area contributed by atoms with Crippen molar-refractivity contribution in [1.29, 1.82) is 0 Å². The number of hydrogen-bond acceptors (Lipinski definition) is 7. The highest BCUT2D eigenvalue weighted by atomic mass is 16.6. The number of nitrogens with zero attached hydrogens (tertiary/aromatic N) is 3. The molecule has 0 bridgehead atoms. The predicted octanol–water partition coefficient (Wildman–Crippen LogP) is -0.931. The largest absolute Gasteiger partial charge is 0.472 e. The molecular formula is C8H13N5O4. The van der Waals surface area contributed by atoms with Crippen molar-refractivity contribution >= 4 is 11.7 Å². The molecular weight excluding hydrogens is 230 g/mol. The van der Waals surface area contributed by atoms with Gasteiger partial charge in [0, 0.05) is 6.42 Å². The Morgan fingerprint density at radius 1 is 1.65 bits per heavy atom. The minimum atomic E-state index is -0.265. The molecule has 0 atom stereocenters. The van der Waals surface area contributed by atoms with Crippen molar-refractivity contribution in [2.45, 2.75) is 13.3 Å². The second-order valence-electron chi connectivity index (χ2n) is 2.96. The standard InChI is InChI=1S/C8H13N5O4/c1-2-5(14)10-3-4-16-8-6(7(9)11-15)12-17-13-8/h15H,2-4H2,1H3,(H2,9,11)(H,10,14). The topological polar surface area (TPSA) is 136 Å². The van der Waals surface area contributed by atoms with Gasteiger partial charge in [-0.1, -0.05) is 12.1 Å². The summed E-state index contributed by atoms with van der Waals surface area (Å²) in [6, 6.07) is 0. The molecule has 0 aliphatic heterocycles. The van der Waals surface area contributed by atoms with Gasteiger partial charge in [-0.2, -0.15) is 0 Å². The Hall–Kier alpha value is -2.32. The third-order valence-electron chi connectivity index (χ3n) is 1.79. The van der Waals surface area contributed by atoms with Gasteiger partial charge in [0.15, 0.2) is 5.84 Å². The van der Waals surface area contributed by atoms with Gasteiger partial charge in [0.25, 0.3) is 5.88 Å². The van der Waals surface area contributed by atoms with Crippen molar-refractivity contribution in [3.8, 4) is 5.88 Å². The number of aromatic nitrogens is 2. The van der Waals surface area contributed by atoms with E-state index in [9.17, 15) is 4.79 Å². The number of oxime groups is 1. The Bertz CT molecular complexity index is 402. The summed E-state index contributed by atoms with van der Waals surface area (Å²) in [7, 11) is 0. The summed E-state index contributed by atoms with van der Waals surface area (Å²) in [4.78, 5) is 10.9. The van der Waals surface area contributed by atoms with Crippen molar-refractivity contribution in [3.63, 3.8) is 0 Å². The van der Waals surface area contributed by atoms with Crippen molar-refractivity contribution < 1.29 is 19.4 Å². The van der Waals surface area contributed by atoms with Crippen LogP contribution in [-0.4, -0.2) is 40.4 Å². The van der Waals surface area contributed by atoms with Crippen molar-refractivity contribution in [3.05, 3.63) is 5.69 Å². The molecule has 1 amide bonds. The number of rotatable bonds is 6. The van der Waals surface area contributed by atoms with E-state index in [-0.39, 0.29) is 29.9 Å². The molecule has 0 saturated carbocycles. The number of ether oxygens (including phenoxy) is 1. The monoisotopic (exact) mass is 243 g/mol. The third-order valence-corrected chi connectivity index (χ3v) is 1.79. The number of nitrogens with one attached hydrogen (secondary N) is 1. The van der Waals surface area contributed by atoms with Gasteiger partial charge in [-0.05, 0) is 10.3 Å². The summed E-state index contributed by atoms with van der Waals surface area (Å²) in [6.45, 7) is 2.23. The van der Waals surface area contributed by atoms with Crippen LogP contribution in [0.25, 0.3) is 0 Å². The first-order valence-corrected chi connectivity index (χ1v) is 4.89. The van der Waals surface area contributed by atoms with Crippen molar-refractivity contribution in [2.75, 3.05) is 13.2 Å².